The number of carboxylic acid groups (broad SMARTS) is 1. The van der Waals surface area contributed by atoms with E-state index in [9.17, 15) is 4.79 Å². The third-order valence-corrected chi connectivity index (χ3v) is 3.63. The van der Waals surface area contributed by atoms with Crippen molar-refractivity contribution in [2.45, 2.75) is 18.9 Å². The Morgan fingerprint density at radius 1 is 1.50 bits per heavy atom. The summed E-state index contributed by atoms with van der Waals surface area (Å²) in [7, 11) is 0. The Hall–Kier alpha value is -1.52. The lowest BCUT2D eigenvalue weighted by atomic mass is 9.97. The normalized spacial score (nSPS) is 18.8. The van der Waals surface area contributed by atoms with E-state index in [1.807, 2.05) is 18.2 Å². The molecule has 18 heavy (non-hydrogen) atoms. The van der Waals surface area contributed by atoms with Crippen LogP contribution in [0.2, 0.25) is 5.02 Å². The van der Waals surface area contributed by atoms with Crippen LogP contribution in [0.25, 0.3) is 10.9 Å². The lowest BCUT2D eigenvalue weighted by Crippen LogP contribution is -2.31. The van der Waals surface area contributed by atoms with Gasteiger partial charge in [-0.1, -0.05) is 17.7 Å². The highest BCUT2D eigenvalue weighted by molar-refractivity contribution is 6.31. The van der Waals surface area contributed by atoms with E-state index >= 15 is 0 Å². The second kappa shape index (κ2) is 4.30. The Morgan fingerprint density at radius 3 is 3.11 bits per heavy atom. The van der Waals surface area contributed by atoms with Crippen molar-refractivity contribution in [1.29, 1.82) is 0 Å². The van der Waals surface area contributed by atoms with Crippen LogP contribution in [0.5, 0.6) is 0 Å². The van der Waals surface area contributed by atoms with Gasteiger partial charge in [0.05, 0.1) is 12.5 Å². The second-order valence-corrected chi connectivity index (χ2v) is 5.00. The van der Waals surface area contributed by atoms with Crippen LogP contribution in [-0.2, 0) is 11.2 Å². The molecule has 2 aromatic rings. The van der Waals surface area contributed by atoms with E-state index < -0.39 is 5.97 Å². The van der Waals surface area contributed by atoms with Crippen LogP contribution >= 0.6 is 11.6 Å². The largest absolute Gasteiger partial charge is 0.481 e. The number of fused-ring (bicyclic) bond motifs is 3. The summed E-state index contributed by atoms with van der Waals surface area (Å²) in [6, 6.07) is 5.60. The average Bonchev–Trinajstić information content (AvgIpc) is 2.67. The minimum absolute atomic E-state index is 0.0908. The van der Waals surface area contributed by atoms with Crippen LogP contribution in [0.1, 0.15) is 23.7 Å². The molecule has 0 aliphatic carbocycles. The number of rotatable bonds is 2. The van der Waals surface area contributed by atoms with E-state index in [1.54, 1.807) is 0 Å². The van der Waals surface area contributed by atoms with Crippen molar-refractivity contribution in [1.82, 2.24) is 10.3 Å². The van der Waals surface area contributed by atoms with Crippen LogP contribution in [0.4, 0.5) is 0 Å². The Bertz CT molecular complexity index is 621. The summed E-state index contributed by atoms with van der Waals surface area (Å²) in [4.78, 5) is 14.2. The number of aromatic nitrogens is 1. The van der Waals surface area contributed by atoms with Gasteiger partial charge in [-0.25, -0.2) is 0 Å². The summed E-state index contributed by atoms with van der Waals surface area (Å²) in [5.74, 6) is -0.794. The third kappa shape index (κ3) is 1.87. The summed E-state index contributed by atoms with van der Waals surface area (Å²) in [6.07, 6.45) is 1.00. The molecule has 1 aliphatic rings. The highest BCUT2D eigenvalue weighted by Gasteiger charge is 2.25. The van der Waals surface area contributed by atoms with Crippen molar-refractivity contribution in [2.24, 2.45) is 0 Å². The Morgan fingerprint density at radius 2 is 2.33 bits per heavy atom. The molecule has 0 spiro atoms. The fourth-order valence-corrected chi connectivity index (χ4v) is 2.81. The van der Waals surface area contributed by atoms with Gasteiger partial charge in [0.15, 0.2) is 0 Å². The van der Waals surface area contributed by atoms with E-state index in [-0.39, 0.29) is 12.5 Å². The Labute approximate surface area is 109 Å². The van der Waals surface area contributed by atoms with Crippen LogP contribution in [0, 0.1) is 0 Å². The fourth-order valence-electron chi connectivity index (χ4n) is 2.64. The number of H-pyrrole nitrogens is 1. The zero-order valence-corrected chi connectivity index (χ0v) is 10.4. The van der Waals surface area contributed by atoms with E-state index in [2.05, 4.69) is 10.3 Å². The first-order valence-electron chi connectivity index (χ1n) is 5.90. The summed E-state index contributed by atoms with van der Waals surface area (Å²) >= 11 is 5.97. The maximum absolute atomic E-state index is 10.9. The van der Waals surface area contributed by atoms with Crippen molar-refractivity contribution in [3.05, 3.63) is 34.5 Å². The highest BCUT2D eigenvalue weighted by Crippen LogP contribution is 2.32. The Balaban J connectivity index is 2.12. The molecule has 0 saturated heterocycles. The van der Waals surface area contributed by atoms with E-state index in [0.717, 1.165) is 29.6 Å². The SMILES string of the molecule is O=C(O)CC1NCCc2c1[nH]c1cc(Cl)ccc21. The predicted molar refractivity (Wildman–Crippen MR) is 70.0 cm³/mol. The molecule has 0 amide bonds. The van der Waals surface area contributed by atoms with Gasteiger partial charge in [0.25, 0.3) is 0 Å². The first-order chi connectivity index (χ1) is 8.65. The molecule has 4 nitrogen and oxygen atoms in total. The molecule has 5 heteroatoms. The second-order valence-electron chi connectivity index (χ2n) is 4.56. The van der Waals surface area contributed by atoms with Crippen molar-refractivity contribution >= 4 is 28.5 Å². The summed E-state index contributed by atoms with van der Waals surface area (Å²) in [5, 5.41) is 14.0. The van der Waals surface area contributed by atoms with Crippen molar-refractivity contribution in [3.63, 3.8) is 0 Å². The number of hydrogen-bond donors (Lipinski definition) is 3. The molecule has 94 valence electrons. The lowest BCUT2D eigenvalue weighted by Gasteiger charge is -2.22. The van der Waals surface area contributed by atoms with E-state index in [1.165, 1.54) is 5.56 Å². The number of benzene rings is 1. The molecule has 1 aliphatic heterocycles. The summed E-state index contributed by atoms with van der Waals surface area (Å²) in [6.45, 7) is 0.806. The number of halogens is 1. The van der Waals surface area contributed by atoms with Crippen LogP contribution < -0.4 is 5.32 Å². The molecular weight excluding hydrogens is 252 g/mol. The van der Waals surface area contributed by atoms with Crippen molar-refractivity contribution < 1.29 is 9.90 Å². The molecule has 1 atom stereocenters. The maximum atomic E-state index is 10.9. The van der Waals surface area contributed by atoms with Gasteiger partial charge in [-0.15, -0.1) is 0 Å². The molecular formula is C13H13ClN2O2. The van der Waals surface area contributed by atoms with Crippen LogP contribution in [0.3, 0.4) is 0 Å². The van der Waals surface area contributed by atoms with Gasteiger partial charge in [0.1, 0.15) is 0 Å². The van der Waals surface area contributed by atoms with Gasteiger partial charge in [0.2, 0.25) is 0 Å². The average molecular weight is 265 g/mol. The Kier molecular flexibility index (Phi) is 2.76. The first kappa shape index (κ1) is 11.6. The molecule has 3 N–H and O–H groups in total. The van der Waals surface area contributed by atoms with Gasteiger partial charge in [-0.2, -0.15) is 0 Å². The molecule has 0 bridgehead atoms. The highest BCUT2D eigenvalue weighted by atomic mass is 35.5. The van der Waals surface area contributed by atoms with E-state index in [0.29, 0.717) is 5.02 Å². The van der Waals surface area contributed by atoms with Crippen LogP contribution in [0.15, 0.2) is 18.2 Å². The molecule has 3 rings (SSSR count). The summed E-state index contributed by atoms with van der Waals surface area (Å²) < 4.78 is 0. The lowest BCUT2D eigenvalue weighted by molar-refractivity contribution is -0.137. The number of hydrogen-bond acceptors (Lipinski definition) is 2. The molecule has 0 fully saturated rings. The number of nitrogens with one attached hydrogen (secondary N) is 2. The topological polar surface area (TPSA) is 65.1 Å². The number of carboxylic acids is 1. The van der Waals surface area contributed by atoms with Gasteiger partial charge in [-0.3, -0.25) is 4.79 Å². The minimum atomic E-state index is -0.794. The smallest absolute Gasteiger partial charge is 0.305 e. The van der Waals surface area contributed by atoms with E-state index in [4.69, 9.17) is 16.7 Å². The van der Waals surface area contributed by atoms with Gasteiger partial charge < -0.3 is 15.4 Å². The third-order valence-electron chi connectivity index (χ3n) is 3.39. The van der Waals surface area contributed by atoms with Crippen molar-refractivity contribution in [3.8, 4) is 0 Å². The maximum Gasteiger partial charge on any atom is 0.305 e. The van der Waals surface area contributed by atoms with Crippen LogP contribution in [-0.4, -0.2) is 22.6 Å². The standard InChI is InChI=1S/C13H13ClN2O2/c14-7-1-2-8-9-3-4-15-11(6-12(17)18)13(9)16-10(8)5-7/h1-2,5,11,15-16H,3-4,6H2,(H,17,18). The quantitative estimate of drug-likeness (QED) is 0.781. The molecule has 2 heterocycles. The molecule has 0 radical (unpaired) electrons. The zero-order chi connectivity index (χ0) is 12.7. The van der Waals surface area contributed by atoms with Gasteiger partial charge in [-0.05, 0) is 30.7 Å². The number of aromatic amines is 1. The molecule has 0 saturated carbocycles. The molecule has 1 aromatic carbocycles. The molecule has 1 unspecified atom stereocenters. The zero-order valence-electron chi connectivity index (χ0n) is 9.66. The monoisotopic (exact) mass is 264 g/mol. The minimum Gasteiger partial charge on any atom is -0.481 e. The van der Waals surface area contributed by atoms with Crippen molar-refractivity contribution in [2.75, 3.05) is 6.54 Å². The number of aliphatic carboxylic acids is 1. The predicted octanol–water partition coefficient (Wildman–Crippen LogP) is 2.48. The molecule has 1 aromatic heterocycles. The summed E-state index contributed by atoms with van der Waals surface area (Å²) in [5.41, 5.74) is 3.18. The number of carbonyl (C=O) groups is 1. The van der Waals surface area contributed by atoms with Gasteiger partial charge in [0, 0.05) is 21.6 Å². The van der Waals surface area contributed by atoms with Gasteiger partial charge >= 0.3 is 5.97 Å². The fraction of sp³-hybridized carbons (Fsp3) is 0.308. The first-order valence-corrected chi connectivity index (χ1v) is 6.28.